The SMILES string of the molecule is CCN(C[C@H]1CCOC1)C(=O)Nc1ccc(N2CCOCC2)nc1. The van der Waals surface area contributed by atoms with E-state index in [1.54, 1.807) is 6.20 Å². The average Bonchev–Trinajstić information content (AvgIpc) is 3.14. The number of hydrogen-bond acceptors (Lipinski definition) is 5. The van der Waals surface area contributed by atoms with E-state index in [9.17, 15) is 4.79 Å². The van der Waals surface area contributed by atoms with Crippen LogP contribution in [0, 0.1) is 5.92 Å². The lowest BCUT2D eigenvalue weighted by Gasteiger charge is -2.28. The molecular weight excluding hydrogens is 308 g/mol. The Morgan fingerprint density at radius 2 is 2.17 bits per heavy atom. The molecule has 1 aromatic heterocycles. The van der Waals surface area contributed by atoms with Crippen molar-refractivity contribution in [2.45, 2.75) is 13.3 Å². The molecule has 0 radical (unpaired) electrons. The summed E-state index contributed by atoms with van der Waals surface area (Å²) in [5, 5.41) is 2.94. The molecule has 0 bridgehead atoms. The van der Waals surface area contributed by atoms with Crippen LogP contribution in [-0.2, 0) is 9.47 Å². The monoisotopic (exact) mass is 334 g/mol. The van der Waals surface area contributed by atoms with E-state index in [-0.39, 0.29) is 6.03 Å². The van der Waals surface area contributed by atoms with Crippen LogP contribution < -0.4 is 10.2 Å². The summed E-state index contributed by atoms with van der Waals surface area (Å²) in [6.07, 6.45) is 2.74. The van der Waals surface area contributed by atoms with Crippen LogP contribution >= 0.6 is 0 Å². The van der Waals surface area contributed by atoms with Gasteiger partial charge in [-0.05, 0) is 25.5 Å². The number of amides is 2. The zero-order valence-electron chi connectivity index (χ0n) is 14.2. The maximum atomic E-state index is 12.4. The number of anilines is 2. The molecule has 0 aliphatic carbocycles. The highest BCUT2D eigenvalue weighted by molar-refractivity contribution is 5.89. The Bertz CT molecular complexity index is 525. The van der Waals surface area contributed by atoms with Gasteiger partial charge in [-0.15, -0.1) is 0 Å². The molecule has 0 spiro atoms. The third-order valence-corrected chi connectivity index (χ3v) is 4.51. The van der Waals surface area contributed by atoms with Crippen molar-refractivity contribution in [3.8, 4) is 0 Å². The Labute approximate surface area is 142 Å². The second-order valence-electron chi connectivity index (χ2n) is 6.20. The number of nitrogens with zero attached hydrogens (tertiary/aromatic N) is 3. The van der Waals surface area contributed by atoms with Crippen LogP contribution in [0.3, 0.4) is 0 Å². The Morgan fingerprint density at radius 1 is 1.33 bits per heavy atom. The molecule has 7 heteroatoms. The van der Waals surface area contributed by atoms with E-state index in [0.29, 0.717) is 12.5 Å². The van der Waals surface area contributed by atoms with Crippen molar-refractivity contribution in [2.24, 2.45) is 5.92 Å². The van der Waals surface area contributed by atoms with Crippen molar-refractivity contribution in [1.29, 1.82) is 0 Å². The summed E-state index contributed by atoms with van der Waals surface area (Å²) < 4.78 is 10.7. The van der Waals surface area contributed by atoms with Crippen molar-refractivity contribution in [1.82, 2.24) is 9.88 Å². The summed E-state index contributed by atoms with van der Waals surface area (Å²) in [4.78, 5) is 20.9. The highest BCUT2D eigenvalue weighted by Crippen LogP contribution is 2.17. The fraction of sp³-hybridized carbons (Fsp3) is 0.647. The first-order valence-electron chi connectivity index (χ1n) is 8.68. The molecular formula is C17H26N4O3. The summed E-state index contributed by atoms with van der Waals surface area (Å²) in [5.41, 5.74) is 0.720. The zero-order chi connectivity index (χ0) is 16.8. The van der Waals surface area contributed by atoms with Gasteiger partial charge in [-0.25, -0.2) is 9.78 Å². The number of morpholine rings is 1. The van der Waals surface area contributed by atoms with Crippen LogP contribution in [0.2, 0.25) is 0 Å². The molecule has 2 aliphatic heterocycles. The molecule has 1 aromatic rings. The molecule has 7 nitrogen and oxygen atoms in total. The van der Waals surface area contributed by atoms with Crippen molar-refractivity contribution in [2.75, 3.05) is 62.8 Å². The largest absolute Gasteiger partial charge is 0.381 e. The topological polar surface area (TPSA) is 66.9 Å². The molecule has 24 heavy (non-hydrogen) atoms. The fourth-order valence-electron chi connectivity index (χ4n) is 3.04. The molecule has 3 heterocycles. The number of aromatic nitrogens is 1. The Balaban J connectivity index is 1.54. The molecule has 3 rings (SSSR count). The highest BCUT2D eigenvalue weighted by Gasteiger charge is 2.21. The Hall–Kier alpha value is -1.86. The third kappa shape index (κ3) is 4.36. The second-order valence-corrected chi connectivity index (χ2v) is 6.20. The summed E-state index contributed by atoms with van der Waals surface area (Å²) >= 11 is 0. The number of ether oxygens (including phenoxy) is 2. The molecule has 0 unspecified atom stereocenters. The van der Waals surface area contributed by atoms with Gasteiger partial charge in [0.05, 0.1) is 31.7 Å². The summed E-state index contributed by atoms with van der Waals surface area (Å²) in [7, 11) is 0. The van der Waals surface area contributed by atoms with E-state index < -0.39 is 0 Å². The van der Waals surface area contributed by atoms with E-state index in [0.717, 1.165) is 64.0 Å². The van der Waals surface area contributed by atoms with Crippen LogP contribution in [0.1, 0.15) is 13.3 Å². The number of carbonyl (C=O) groups excluding carboxylic acids is 1. The first kappa shape index (κ1) is 17.0. The van der Waals surface area contributed by atoms with Crippen molar-refractivity contribution in [3.05, 3.63) is 18.3 Å². The van der Waals surface area contributed by atoms with Gasteiger partial charge >= 0.3 is 6.03 Å². The first-order chi connectivity index (χ1) is 11.8. The molecule has 0 aromatic carbocycles. The number of hydrogen-bond donors (Lipinski definition) is 1. The highest BCUT2D eigenvalue weighted by atomic mass is 16.5. The molecule has 1 atom stereocenters. The Morgan fingerprint density at radius 3 is 2.79 bits per heavy atom. The maximum absolute atomic E-state index is 12.4. The van der Waals surface area contributed by atoms with E-state index >= 15 is 0 Å². The van der Waals surface area contributed by atoms with Crippen LogP contribution in [0.4, 0.5) is 16.3 Å². The van der Waals surface area contributed by atoms with Gasteiger partial charge in [0, 0.05) is 38.7 Å². The summed E-state index contributed by atoms with van der Waals surface area (Å²) in [6, 6.07) is 3.77. The first-order valence-corrected chi connectivity index (χ1v) is 8.68. The van der Waals surface area contributed by atoms with E-state index in [4.69, 9.17) is 9.47 Å². The zero-order valence-corrected chi connectivity index (χ0v) is 14.2. The van der Waals surface area contributed by atoms with E-state index in [1.807, 2.05) is 24.0 Å². The fourth-order valence-corrected chi connectivity index (χ4v) is 3.04. The number of urea groups is 1. The van der Waals surface area contributed by atoms with Gasteiger partial charge in [-0.2, -0.15) is 0 Å². The lowest BCUT2D eigenvalue weighted by atomic mass is 10.1. The van der Waals surface area contributed by atoms with E-state index in [1.165, 1.54) is 0 Å². The molecule has 0 saturated carbocycles. The van der Waals surface area contributed by atoms with Crippen LogP contribution in [0.5, 0.6) is 0 Å². The molecule has 1 N–H and O–H groups in total. The minimum absolute atomic E-state index is 0.0784. The van der Waals surface area contributed by atoms with Crippen LogP contribution in [0.15, 0.2) is 18.3 Å². The van der Waals surface area contributed by atoms with Crippen LogP contribution in [0.25, 0.3) is 0 Å². The quantitative estimate of drug-likeness (QED) is 0.889. The van der Waals surface area contributed by atoms with Gasteiger partial charge in [-0.1, -0.05) is 0 Å². The minimum Gasteiger partial charge on any atom is -0.381 e. The standard InChI is InChI=1S/C17H26N4O3/c1-2-20(12-14-5-8-24-13-14)17(22)19-15-3-4-16(18-11-15)21-6-9-23-10-7-21/h3-4,11,14H,2,5-10,12-13H2,1H3,(H,19,22)/t14-/m1/s1. The van der Waals surface area contributed by atoms with Crippen molar-refractivity contribution < 1.29 is 14.3 Å². The number of carbonyl (C=O) groups is 1. The van der Waals surface area contributed by atoms with Gasteiger partial charge in [-0.3, -0.25) is 0 Å². The van der Waals surface area contributed by atoms with Gasteiger partial charge in [0.1, 0.15) is 5.82 Å². The van der Waals surface area contributed by atoms with Gasteiger partial charge in [0.25, 0.3) is 0 Å². The van der Waals surface area contributed by atoms with E-state index in [2.05, 4.69) is 15.2 Å². The second kappa shape index (κ2) is 8.30. The van der Waals surface area contributed by atoms with Gasteiger partial charge < -0.3 is 24.6 Å². The average molecular weight is 334 g/mol. The third-order valence-electron chi connectivity index (χ3n) is 4.51. The smallest absolute Gasteiger partial charge is 0.321 e. The van der Waals surface area contributed by atoms with Crippen molar-refractivity contribution in [3.63, 3.8) is 0 Å². The Kier molecular flexibility index (Phi) is 5.87. The normalized spacial score (nSPS) is 20.9. The molecule has 2 amide bonds. The van der Waals surface area contributed by atoms with Gasteiger partial charge in [0.2, 0.25) is 0 Å². The molecule has 2 fully saturated rings. The summed E-state index contributed by atoms with van der Waals surface area (Å²) in [5.74, 6) is 1.37. The maximum Gasteiger partial charge on any atom is 0.321 e. The molecule has 2 saturated heterocycles. The van der Waals surface area contributed by atoms with Crippen LogP contribution in [-0.4, -0.2) is 68.5 Å². The number of rotatable bonds is 5. The molecule has 2 aliphatic rings. The number of pyridine rings is 1. The molecule has 132 valence electrons. The predicted octanol–water partition coefficient (Wildman–Crippen LogP) is 1.81. The predicted molar refractivity (Wildman–Crippen MR) is 92.5 cm³/mol. The lowest BCUT2D eigenvalue weighted by molar-refractivity contribution is 0.122. The number of nitrogens with one attached hydrogen (secondary N) is 1. The van der Waals surface area contributed by atoms with Crippen molar-refractivity contribution >= 4 is 17.5 Å². The lowest BCUT2D eigenvalue weighted by Crippen LogP contribution is -2.38. The van der Waals surface area contributed by atoms with Gasteiger partial charge in [0.15, 0.2) is 0 Å². The minimum atomic E-state index is -0.0784. The summed E-state index contributed by atoms with van der Waals surface area (Å²) in [6.45, 7) is 8.14.